The van der Waals surface area contributed by atoms with Gasteiger partial charge in [0.05, 0.1) is 5.82 Å². The van der Waals surface area contributed by atoms with Crippen molar-refractivity contribution in [1.29, 1.82) is 0 Å². The molecule has 0 aliphatic carbocycles. The summed E-state index contributed by atoms with van der Waals surface area (Å²) in [6.45, 7) is 0. The minimum atomic E-state index is 0. The summed E-state index contributed by atoms with van der Waals surface area (Å²) in [5.74, 6) is 0.686. The van der Waals surface area contributed by atoms with Gasteiger partial charge in [0.1, 0.15) is 0 Å². The van der Waals surface area contributed by atoms with Crippen LogP contribution in [0.5, 0.6) is 0 Å². The predicted octanol–water partition coefficient (Wildman–Crippen LogP) is 2.78. The number of aromatic nitrogens is 4. The molecule has 0 fully saturated rings. The van der Waals surface area contributed by atoms with Crippen LogP contribution in [-0.2, 0) is 0 Å². The molecule has 2 aromatic heterocycles. The third kappa shape index (κ3) is 2.12. The van der Waals surface area contributed by atoms with Crippen LogP contribution in [0.1, 0.15) is 0 Å². The summed E-state index contributed by atoms with van der Waals surface area (Å²) in [6.07, 6.45) is 6.23. The van der Waals surface area contributed by atoms with Crippen LogP contribution < -0.4 is 0 Å². The zero-order valence-electron chi connectivity index (χ0n) is 9.99. The average Bonchev–Trinajstić information content (AvgIpc) is 2.89. The second kappa shape index (κ2) is 4.98. The van der Waals surface area contributed by atoms with Crippen LogP contribution in [0.2, 0.25) is 5.02 Å². The van der Waals surface area contributed by atoms with Gasteiger partial charge in [-0.05, 0) is 23.4 Å². The van der Waals surface area contributed by atoms with Gasteiger partial charge in [-0.15, -0.1) is 0 Å². The fourth-order valence-corrected chi connectivity index (χ4v) is 1.92. The summed E-state index contributed by atoms with van der Waals surface area (Å²) in [4.78, 5) is 3.98. The summed E-state index contributed by atoms with van der Waals surface area (Å²) in [6, 6.07) is 11.2. The van der Waals surface area contributed by atoms with E-state index in [0.29, 0.717) is 10.8 Å². The fraction of sp³-hybridized carbons (Fsp3) is 0. The summed E-state index contributed by atoms with van der Waals surface area (Å²) >= 11 is 6.17. The number of benzene rings is 1. The molecule has 90 valence electrons. The SMILES string of the molecule is Clc1ccccc1-n1[c-]nnc1-c1ccncc1.[Hs]. The molecule has 0 unspecified atom stereocenters. The maximum Gasteiger partial charge on any atom is 0.0562 e. The second-order valence-electron chi connectivity index (χ2n) is 3.65. The van der Waals surface area contributed by atoms with Crippen molar-refractivity contribution in [1.82, 2.24) is 19.7 Å². The Hall–Kier alpha value is -3.20. The smallest absolute Gasteiger partial charge is 0.0562 e. The van der Waals surface area contributed by atoms with Crippen molar-refractivity contribution in [3.63, 3.8) is 0 Å². The molecule has 6 heteroatoms. The first-order valence-electron chi connectivity index (χ1n) is 5.34. The van der Waals surface area contributed by atoms with Gasteiger partial charge < -0.3 is 4.57 Å². The van der Waals surface area contributed by atoms with Crippen molar-refractivity contribution in [2.24, 2.45) is 0 Å². The van der Waals surface area contributed by atoms with Gasteiger partial charge >= 0.3 is 0 Å². The normalized spacial score (nSPS) is 9.95. The second-order valence-corrected chi connectivity index (χ2v) is 4.05. The Bertz CT molecular complexity index is 669. The summed E-state index contributed by atoms with van der Waals surface area (Å²) in [5, 5.41) is 8.53. The van der Waals surface area contributed by atoms with E-state index in [4.69, 9.17) is 11.6 Å². The number of rotatable bonds is 2. The monoisotopic (exact) mass is 524 g/mol. The van der Waals surface area contributed by atoms with Gasteiger partial charge in [-0.3, -0.25) is 4.98 Å². The van der Waals surface area contributed by atoms with E-state index in [1.54, 1.807) is 17.0 Å². The van der Waals surface area contributed by atoms with Gasteiger partial charge in [0.15, 0.2) is 0 Å². The molecule has 4 nitrogen and oxygen atoms in total. The molecule has 0 saturated carbocycles. The number of pyridine rings is 1. The Morgan fingerprint density at radius 1 is 1.05 bits per heavy atom. The van der Waals surface area contributed by atoms with E-state index in [1.807, 2.05) is 36.4 Å². The summed E-state index contributed by atoms with van der Waals surface area (Å²) in [5.41, 5.74) is 1.72. The van der Waals surface area contributed by atoms with Crippen molar-refractivity contribution in [3.8, 4) is 17.1 Å². The van der Waals surface area contributed by atoms with Gasteiger partial charge in [-0.2, -0.15) is 0 Å². The molecule has 0 spiro atoms. The Labute approximate surface area is 109 Å². The molecule has 0 N–H and O–H groups in total. The van der Waals surface area contributed by atoms with Gasteiger partial charge in [-0.25, -0.2) is 10.2 Å². The van der Waals surface area contributed by atoms with Crippen LogP contribution in [0.3, 0.4) is 0 Å². The minimum absolute atomic E-state index is 0. The summed E-state index contributed by atoms with van der Waals surface area (Å²) in [7, 11) is 0. The zero-order chi connectivity index (χ0) is 12.4. The number of para-hydroxylation sites is 1. The average molecular weight is 525 g/mol. The number of hydrogen-bond donors (Lipinski definition) is 0. The number of hydrogen-bond acceptors (Lipinski definition) is 3. The molecular formula is C13H8ClHsN4-. The van der Waals surface area contributed by atoms with Crippen molar-refractivity contribution in [3.05, 3.63) is 60.1 Å². The Morgan fingerprint density at radius 3 is 2.53 bits per heavy atom. The van der Waals surface area contributed by atoms with Crippen molar-refractivity contribution >= 4 is 11.6 Å². The van der Waals surface area contributed by atoms with E-state index in [2.05, 4.69) is 21.5 Å². The van der Waals surface area contributed by atoms with Crippen LogP contribution in [0.4, 0.5) is 0 Å². The largest absolute Gasteiger partial charge is 0.443 e. The molecule has 0 atom stereocenters. The molecule has 3 rings (SSSR count). The van der Waals surface area contributed by atoms with E-state index >= 15 is 0 Å². The third-order valence-electron chi connectivity index (χ3n) is 2.53. The standard InChI is InChI=1S/C13H8ClN4.Hs/c14-11-3-1-2-4-12(11)18-9-16-17-13(18)10-5-7-15-8-6-10;/h1-8H;/q-1;. The van der Waals surface area contributed by atoms with Crippen LogP contribution in [0.25, 0.3) is 17.1 Å². The molecule has 1 aromatic carbocycles. The van der Waals surface area contributed by atoms with Crippen LogP contribution in [-0.4, -0.2) is 19.7 Å². The van der Waals surface area contributed by atoms with Gasteiger partial charge in [-0.1, -0.05) is 35.9 Å². The maximum atomic E-state index is 6.17. The van der Waals surface area contributed by atoms with Gasteiger partial charge in [0.2, 0.25) is 0 Å². The Kier molecular flexibility index (Phi) is 3.21. The predicted molar refractivity (Wildman–Crippen MR) is 68.4 cm³/mol. The zero-order valence-corrected chi connectivity index (χ0v) is 17.3. The molecule has 0 radical (unpaired) electrons. The topological polar surface area (TPSA) is 43.6 Å². The molecule has 0 saturated heterocycles. The summed E-state index contributed by atoms with van der Waals surface area (Å²) < 4.78 is 1.73. The van der Waals surface area contributed by atoms with Crippen LogP contribution >= 0.6 is 11.6 Å². The van der Waals surface area contributed by atoms with E-state index in [0.717, 1.165) is 11.3 Å². The van der Waals surface area contributed by atoms with Crippen LogP contribution in [0, 0.1) is 6.33 Å². The van der Waals surface area contributed by atoms with Gasteiger partial charge in [0.25, 0.3) is 0 Å². The van der Waals surface area contributed by atoms with Crippen LogP contribution in [0.15, 0.2) is 48.8 Å². The quantitative estimate of drug-likeness (QED) is 0.485. The fourth-order valence-electron chi connectivity index (χ4n) is 1.70. The molecule has 0 aliphatic rings. The first-order chi connectivity index (χ1) is 8.86. The molecular weight excluding hydrogens is 517 g/mol. The molecule has 0 bridgehead atoms. The maximum absolute atomic E-state index is 6.17. The third-order valence-corrected chi connectivity index (χ3v) is 2.85. The number of halogens is 1. The Balaban J connectivity index is 0.00000133. The minimum Gasteiger partial charge on any atom is -0.443 e. The van der Waals surface area contributed by atoms with E-state index < -0.39 is 0 Å². The molecule has 3 aromatic rings. The van der Waals surface area contributed by atoms with E-state index in [9.17, 15) is 0 Å². The number of nitrogens with zero attached hydrogens (tertiary/aromatic N) is 4. The molecule has 19 heavy (non-hydrogen) atoms. The molecule has 0 amide bonds. The molecule has 0 aliphatic heterocycles. The van der Waals surface area contributed by atoms with Crippen molar-refractivity contribution in [2.75, 3.05) is 0 Å². The van der Waals surface area contributed by atoms with Crippen molar-refractivity contribution < 1.29 is 0 Å². The van der Waals surface area contributed by atoms with E-state index in [1.165, 1.54) is 0 Å². The van der Waals surface area contributed by atoms with E-state index in [-0.39, 0.29) is 0 Å². The van der Waals surface area contributed by atoms with Gasteiger partial charge in [0, 0.05) is 23.7 Å². The first-order valence-corrected chi connectivity index (χ1v) is 5.72. The van der Waals surface area contributed by atoms with Crippen molar-refractivity contribution in [2.45, 2.75) is 0 Å². The first kappa shape index (κ1) is 12.3. The molecule has 2 heterocycles. The Morgan fingerprint density at radius 2 is 1.79 bits per heavy atom.